The van der Waals surface area contributed by atoms with Crippen LogP contribution in [0.1, 0.15) is 12.7 Å². The Morgan fingerprint density at radius 3 is 2.69 bits per heavy atom. The van der Waals surface area contributed by atoms with E-state index in [2.05, 4.69) is 10.5 Å². The lowest BCUT2D eigenvalue weighted by molar-refractivity contribution is 0.412. The van der Waals surface area contributed by atoms with E-state index in [1.165, 1.54) is 0 Å². The first-order valence-electron chi connectivity index (χ1n) is 5.04. The highest BCUT2D eigenvalue weighted by atomic mass is 16.5. The number of nitriles is 1. The second kappa shape index (κ2) is 4.49. The zero-order chi connectivity index (χ0) is 11.4. The maximum atomic E-state index is 8.62. The minimum absolute atomic E-state index is 0.228. The molecule has 1 aromatic heterocycles. The number of hydrogen-bond donors (Lipinski definition) is 1. The van der Waals surface area contributed by atoms with E-state index in [1.54, 1.807) is 6.07 Å². The lowest BCUT2D eigenvalue weighted by Crippen LogP contribution is -1.95. The van der Waals surface area contributed by atoms with Crippen molar-refractivity contribution in [2.45, 2.75) is 6.92 Å². The molecule has 0 saturated heterocycles. The number of anilines is 1. The molecule has 0 fully saturated rings. The number of hydrogen-bond acceptors (Lipinski definition) is 4. The van der Waals surface area contributed by atoms with Crippen LogP contribution in [0.4, 0.5) is 5.69 Å². The predicted molar refractivity (Wildman–Crippen MR) is 60.8 cm³/mol. The van der Waals surface area contributed by atoms with Crippen molar-refractivity contribution in [3.05, 3.63) is 36.1 Å². The summed E-state index contributed by atoms with van der Waals surface area (Å²) >= 11 is 0. The van der Waals surface area contributed by atoms with Gasteiger partial charge in [0.15, 0.2) is 0 Å². The Bertz CT molecular complexity index is 508. The van der Waals surface area contributed by atoms with Crippen LogP contribution in [0.5, 0.6) is 0 Å². The third kappa shape index (κ3) is 2.04. The van der Waals surface area contributed by atoms with Crippen molar-refractivity contribution in [1.29, 1.82) is 5.26 Å². The van der Waals surface area contributed by atoms with Crippen LogP contribution >= 0.6 is 0 Å². The van der Waals surface area contributed by atoms with Crippen molar-refractivity contribution in [2.75, 3.05) is 11.9 Å². The largest absolute Gasteiger partial charge is 0.385 e. The van der Waals surface area contributed by atoms with Gasteiger partial charge in [-0.05, 0) is 19.1 Å². The summed E-state index contributed by atoms with van der Waals surface area (Å²) in [4.78, 5) is 0. The Kier molecular flexibility index (Phi) is 2.88. The first kappa shape index (κ1) is 10.2. The van der Waals surface area contributed by atoms with Crippen LogP contribution in [0, 0.1) is 11.3 Å². The SMILES string of the molecule is CCNc1ccc(-c2cc(C#N)on2)cc1. The molecule has 0 radical (unpaired) electrons. The molecule has 4 nitrogen and oxygen atoms in total. The molecule has 16 heavy (non-hydrogen) atoms. The Hall–Kier alpha value is -2.28. The molecule has 0 unspecified atom stereocenters. The molecular weight excluding hydrogens is 202 g/mol. The molecule has 0 atom stereocenters. The second-order valence-electron chi connectivity index (χ2n) is 3.30. The quantitative estimate of drug-likeness (QED) is 0.851. The minimum Gasteiger partial charge on any atom is -0.385 e. The van der Waals surface area contributed by atoms with Gasteiger partial charge in [0.25, 0.3) is 0 Å². The van der Waals surface area contributed by atoms with Gasteiger partial charge in [-0.25, -0.2) is 0 Å². The van der Waals surface area contributed by atoms with Gasteiger partial charge in [0.2, 0.25) is 5.76 Å². The molecule has 1 N–H and O–H groups in total. The van der Waals surface area contributed by atoms with Gasteiger partial charge in [0.1, 0.15) is 11.8 Å². The van der Waals surface area contributed by atoms with Crippen LogP contribution in [0.2, 0.25) is 0 Å². The van der Waals surface area contributed by atoms with Gasteiger partial charge in [0.05, 0.1) is 0 Å². The first-order chi connectivity index (χ1) is 7.83. The highest BCUT2D eigenvalue weighted by molar-refractivity contribution is 5.62. The third-order valence-corrected chi connectivity index (χ3v) is 2.18. The number of rotatable bonds is 3. The summed E-state index contributed by atoms with van der Waals surface area (Å²) in [5, 5.41) is 15.6. The average molecular weight is 213 g/mol. The van der Waals surface area contributed by atoms with Crippen LogP contribution in [0.15, 0.2) is 34.9 Å². The van der Waals surface area contributed by atoms with Crippen molar-refractivity contribution in [3.8, 4) is 17.3 Å². The maximum Gasteiger partial charge on any atom is 0.236 e. The average Bonchev–Trinajstić information content (AvgIpc) is 2.79. The molecule has 2 aromatic rings. The van der Waals surface area contributed by atoms with Crippen LogP contribution in [-0.4, -0.2) is 11.7 Å². The molecule has 0 aliphatic heterocycles. The van der Waals surface area contributed by atoms with E-state index in [0.717, 1.165) is 17.8 Å². The summed E-state index contributed by atoms with van der Waals surface area (Å²) in [5.41, 5.74) is 2.68. The molecule has 0 aliphatic carbocycles. The second-order valence-corrected chi connectivity index (χ2v) is 3.30. The fourth-order valence-electron chi connectivity index (χ4n) is 1.43. The topological polar surface area (TPSA) is 61.9 Å². The molecule has 4 heteroatoms. The molecule has 2 rings (SSSR count). The predicted octanol–water partition coefficient (Wildman–Crippen LogP) is 2.65. The highest BCUT2D eigenvalue weighted by Crippen LogP contribution is 2.20. The smallest absolute Gasteiger partial charge is 0.236 e. The van der Waals surface area contributed by atoms with Crippen LogP contribution < -0.4 is 5.32 Å². The Morgan fingerprint density at radius 2 is 2.12 bits per heavy atom. The van der Waals surface area contributed by atoms with E-state index in [9.17, 15) is 0 Å². The lowest BCUT2D eigenvalue weighted by atomic mass is 10.1. The summed E-state index contributed by atoms with van der Waals surface area (Å²) in [6.07, 6.45) is 0. The van der Waals surface area contributed by atoms with Crippen LogP contribution in [0.25, 0.3) is 11.3 Å². The highest BCUT2D eigenvalue weighted by Gasteiger charge is 2.05. The van der Waals surface area contributed by atoms with E-state index < -0.39 is 0 Å². The fourth-order valence-corrected chi connectivity index (χ4v) is 1.43. The normalized spacial score (nSPS) is 9.75. The van der Waals surface area contributed by atoms with Crippen molar-refractivity contribution in [1.82, 2.24) is 5.16 Å². The minimum atomic E-state index is 0.228. The third-order valence-electron chi connectivity index (χ3n) is 2.18. The summed E-state index contributed by atoms with van der Waals surface area (Å²) in [5.74, 6) is 0.228. The molecule has 1 aromatic carbocycles. The molecule has 0 amide bonds. The van der Waals surface area contributed by atoms with Crippen molar-refractivity contribution in [3.63, 3.8) is 0 Å². The molecule has 0 spiro atoms. The van der Waals surface area contributed by atoms with Gasteiger partial charge in [0, 0.05) is 23.9 Å². The van der Waals surface area contributed by atoms with E-state index in [4.69, 9.17) is 9.78 Å². The van der Waals surface area contributed by atoms with Gasteiger partial charge < -0.3 is 9.84 Å². The lowest BCUT2D eigenvalue weighted by Gasteiger charge is -2.02. The van der Waals surface area contributed by atoms with Gasteiger partial charge >= 0.3 is 0 Å². The molecule has 80 valence electrons. The number of benzene rings is 1. The monoisotopic (exact) mass is 213 g/mol. The number of nitrogens with one attached hydrogen (secondary N) is 1. The van der Waals surface area contributed by atoms with E-state index in [1.807, 2.05) is 37.3 Å². The number of aromatic nitrogens is 1. The maximum absolute atomic E-state index is 8.62. The van der Waals surface area contributed by atoms with E-state index >= 15 is 0 Å². The van der Waals surface area contributed by atoms with Crippen LogP contribution in [0.3, 0.4) is 0 Å². The van der Waals surface area contributed by atoms with Crippen molar-refractivity contribution < 1.29 is 4.52 Å². The summed E-state index contributed by atoms with van der Waals surface area (Å²) < 4.78 is 4.82. The molecule has 0 aliphatic rings. The van der Waals surface area contributed by atoms with E-state index in [-0.39, 0.29) is 5.76 Å². The number of nitrogens with zero attached hydrogens (tertiary/aromatic N) is 2. The molecule has 0 saturated carbocycles. The summed E-state index contributed by atoms with van der Waals surface area (Å²) in [7, 11) is 0. The molecular formula is C12H11N3O. The van der Waals surface area contributed by atoms with Crippen molar-refractivity contribution >= 4 is 5.69 Å². The Morgan fingerprint density at radius 1 is 1.38 bits per heavy atom. The standard InChI is InChI=1S/C12H11N3O/c1-2-14-10-5-3-9(4-6-10)12-7-11(8-13)16-15-12/h3-7,14H,2H2,1H3. The van der Waals surface area contributed by atoms with Crippen molar-refractivity contribution in [2.24, 2.45) is 0 Å². The Balaban J connectivity index is 2.24. The van der Waals surface area contributed by atoms with Gasteiger partial charge in [-0.15, -0.1) is 0 Å². The summed E-state index contributed by atoms with van der Waals surface area (Å²) in [6, 6.07) is 11.4. The summed E-state index contributed by atoms with van der Waals surface area (Å²) in [6.45, 7) is 2.94. The fraction of sp³-hybridized carbons (Fsp3) is 0.167. The van der Waals surface area contributed by atoms with Gasteiger partial charge in [-0.3, -0.25) is 0 Å². The Labute approximate surface area is 93.5 Å². The first-order valence-corrected chi connectivity index (χ1v) is 5.04. The van der Waals surface area contributed by atoms with E-state index in [0.29, 0.717) is 5.69 Å². The zero-order valence-electron chi connectivity index (χ0n) is 8.90. The van der Waals surface area contributed by atoms with Gasteiger partial charge in [-0.2, -0.15) is 5.26 Å². The molecule has 1 heterocycles. The molecule has 0 bridgehead atoms. The van der Waals surface area contributed by atoms with Crippen LogP contribution in [-0.2, 0) is 0 Å². The van der Waals surface area contributed by atoms with Gasteiger partial charge in [-0.1, -0.05) is 17.3 Å². The zero-order valence-corrected chi connectivity index (χ0v) is 8.90.